The van der Waals surface area contributed by atoms with Gasteiger partial charge in [0.1, 0.15) is 0 Å². The van der Waals surface area contributed by atoms with Gasteiger partial charge in [0.15, 0.2) is 0 Å². The number of hydrogen-bond acceptors (Lipinski definition) is 5. The fourth-order valence-corrected chi connectivity index (χ4v) is 9.67. The van der Waals surface area contributed by atoms with E-state index in [1.165, 1.54) is 180 Å². The van der Waals surface area contributed by atoms with Gasteiger partial charge in [-0.25, -0.2) is 0 Å². The Balaban J connectivity index is 1.34. The molecule has 0 saturated carbocycles. The number of aromatic nitrogens is 2. The number of benzene rings is 2. The summed E-state index contributed by atoms with van der Waals surface area (Å²) >= 11 is 12.6. The summed E-state index contributed by atoms with van der Waals surface area (Å²) in [6, 6.07) is 15.7. The molecule has 0 saturated heterocycles. The van der Waals surface area contributed by atoms with E-state index in [0.29, 0.717) is 27.1 Å². The molecule has 0 atom stereocenters. The molecule has 0 bridgehead atoms. The van der Waals surface area contributed by atoms with E-state index in [2.05, 4.69) is 53.7 Å². The van der Waals surface area contributed by atoms with Gasteiger partial charge in [-0.05, 0) is 88.5 Å². The van der Waals surface area contributed by atoms with Crippen molar-refractivity contribution in [3.63, 3.8) is 0 Å². The highest BCUT2D eigenvalue weighted by molar-refractivity contribution is 6.31. The molecule has 0 radical (unpaired) electrons. The van der Waals surface area contributed by atoms with Crippen LogP contribution in [0, 0.1) is 0 Å². The van der Waals surface area contributed by atoms with Gasteiger partial charge in [0.25, 0.3) is 11.0 Å². The van der Waals surface area contributed by atoms with Crippen LogP contribution in [0.5, 0.6) is 0 Å². The molecule has 66 heavy (non-hydrogen) atoms. The van der Waals surface area contributed by atoms with E-state index in [-0.39, 0.29) is 0 Å². The van der Waals surface area contributed by atoms with Crippen molar-refractivity contribution in [2.24, 2.45) is 0 Å². The number of halogens is 2. The van der Waals surface area contributed by atoms with E-state index < -0.39 is 0 Å². The lowest BCUT2D eigenvalue weighted by molar-refractivity contribution is -0.884. The maximum absolute atomic E-state index is 10.5. The topological polar surface area (TPSA) is 75.5 Å². The van der Waals surface area contributed by atoms with Crippen LogP contribution in [0.3, 0.4) is 0 Å². The first-order valence-corrected chi connectivity index (χ1v) is 27.3. The first-order chi connectivity index (χ1) is 32.4. The molecule has 2 aromatic carbocycles. The van der Waals surface area contributed by atoms with Gasteiger partial charge < -0.3 is 10.6 Å². The summed E-state index contributed by atoms with van der Waals surface area (Å²) in [5.41, 5.74) is 3.34. The molecule has 4 N–H and O–H groups in total. The molecule has 0 aliphatic carbocycles. The lowest BCUT2D eigenvalue weighted by Crippen LogP contribution is -2.41. The number of fused-ring (bicyclic) bond motifs is 2. The number of pyridine rings is 2. The Hall–Kier alpha value is -3.52. The highest BCUT2D eigenvalue weighted by atomic mass is 35.5. The van der Waals surface area contributed by atoms with Gasteiger partial charge in [0.2, 0.25) is 12.4 Å². The summed E-state index contributed by atoms with van der Waals surface area (Å²) in [7, 11) is 0. The predicted octanol–water partition coefficient (Wildman–Crippen LogP) is 16.6. The van der Waals surface area contributed by atoms with Crippen LogP contribution >= 0.6 is 23.2 Å². The number of nitrogens with zero attached hydrogens (tertiary/aromatic N) is 3. The molecular formula is C57H89Cl2N5O2+2. The second-order valence-electron chi connectivity index (χ2n) is 18.8. The monoisotopic (exact) mass is 946 g/mol. The van der Waals surface area contributed by atoms with E-state index >= 15 is 0 Å². The largest absolute Gasteiger partial charge is 0.383 e. The first kappa shape index (κ1) is 55.1. The molecule has 2 aromatic heterocycles. The molecule has 4 rings (SSSR count). The summed E-state index contributed by atoms with van der Waals surface area (Å²) < 4.78 is 2.28. The van der Waals surface area contributed by atoms with Crippen molar-refractivity contribution in [2.75, 3.05) is 36.8 Å². The van der Waals surface area contributed by atoms with E-state index in [0.717, 1.165) is 57.8 Å². The van der Waals surface area contributed by atoms with Crippen molar-refractivity contribution >= 4 is 56.4 Å². The zero-order chi connectivity index (χ0) is 46.9. The van der Waals surface area contributed by atoms with Crippen molar-refractivity contribution in [3.05, 3.63) is 95.3 Å². The predicted molar refractivity (Wildman–Crippen MR) is 284 cm³/mol. The smallest absolute Gasteiger partial charge is 0.268 e. The maximum atomic E-state index is 10.5. The van der Waals surface area contributed by atoms with Crippen LogP contribution in [0.25, 0.3) is 21.8 Å². The average molecular weight is 947 g/mol. The Kier molecular flexibility index (Phi) is 29.0. The highest BCUT2D eigenvalue weighted by Crippen LogP contribution is 2.26. The summed E-state index contributed by atoms with van der Waals surface area (Å²) in [5.74, 6) is 0. The van der Waals surface area contributed by atoms with Gasteiger partial charge in [-0.2, -0.15) is 0 Å². The summed E-state index contributed by atoms with van der Waals surface area (Å²) in [6.07, 6.45) is 49.7. The van der Waals surface area contributed by atoms with Crippen molar-refractivity contribution in [2.45, 2.75) is 200 Å². The van der Waals surface area contributed by atoms with Crippen LogP contribution in [0.1, 0.15) is 194 Å². The van der Waals surface area contributed by atoms with Gasteiger partial charge in [-0.1, -0.05) is 177 Å². The standard InChI is InChI=1S/C57H87Cl2N5O2/c1-3-5-7-9-11-13-15-17-19-21-23-25-27-29-31-33-51(34-32-30-28-26-24-22-20-18-16-14-12-10-8-6-4-2)62(45-41-60-54-39-43-63(65)56-47-49(58)35-37-52(54)56)46-42-61-55-40-44-64(66)57-48-50(59)36-38-53(55)57/h17-20,35-40,43-44,47-48,51,65-66H,3-16,21-34,41-42,45-46H2,1-2H3/p+2/b19-17+,20-18+. The number of anilines is 2. The molecule has 0 spiro atoms. The Labute approximate surface area is 411 Å². The third-order valence-electron chi connectivity index (χ3n) is 13.3. The molecule has 0 aliphatic heterocycles. The second-order valence-corrected chi connectivity index (χ2v) is 19.6. The molecule has 2 heterocycles. The molecule has 0 amide bonds. The summed E-state index contributed by atoms with van der Waals surface area (Å²) in [6.45, 7) is 7.92. The Morgan fingerprint density at radius 1 is 0.485 bits per heavy atom. The van der Waals surface area contributed by atoms with Crippen LogP contribution < -0.4 is 20.1 Å². The van der Waals surface area contributed by atoms with E-state index in [1.807, 2.05) is 36.4 Å². The lowest BCUT2D eigenvalue weighted by atomic mass is 9.98. The normalized spacial score (nSPS) is 12.0. The number of allylic oxidation sites excluding steroid dienone is 4. The van der Waals surface area contributed by atoms with Gasteiger partial charge in [-0.15, -0.1) is 0 Å². The first-order valence-electron chi connectivity index (χ1n) is 26.6. The summed E-state index contributed by atoms with van der Waals surface area (Å²) in [5, 5.41) is 31.6. The minimum Gasteiger partial charge on any atom is -0.383 e. The fraction of sp³-hybridized carbons (Fsp3) is 0.614. The van der Waals surface area contributed by atoms with Gasteiger partial charge in [0, 0.05) is 76.0 Å². The van der Waals surface area contributed by atoms with Crippen LogP contribution in [0.4, 0.5) is 11.4 Å². The van der Waals surface area contributed by atoms with Crippen LogP contribution in [0.2, 0.25) is 10.0 Å². The minimum absolute atomic E-state index is 0.486. The number of rotatable bonds is 39. The van der Waals surface area contributed by atoms with E-state index in [1.54, 1.807) is 24.5 Å². The number of hydrogen-bond donors (Lipinski definition) is 4. The SMILES string of the molecule is CCCCCCCC/C=C/CCCCCCCC(CCCCCCC/C=C/CCCCCCCC)N(CCNc1cc[n+](O)c2cc(Cl)ccc12)CCNc1cc[n+](O)c2cc(Cl)ccc12. The Morgan fingerprint density at radius 3 is 1.21 bits per heavy atom. The lowest BCUT2D eigenvalue weighted by Gasteiger charge is -2.33. The minimum atomic E-state index is 0.486. The number of unbranched alkanes of at least 4 members (excludes halogenated alkanes) is 22. The van der Waals surface area contributed by atoms with Crippen LogP contribution in [-0.2, 0) is 0 Å². The molecule has 0 fully saturated rings. The molecule has 4 aromatic rings. The summed E-state index contributed by atoms with van der Waals surface area (Å²) in [4.78, 5) is 2.71. The van der Waals surface area contributed by atoms with Gasteiger partial charge in [0.05, 0.1) is 22.1 Å². The molecule has 9 heteroatoms. The van der Waals surface area contributed by atoms with Crippen LogP contribution in [0.15, 0.2) is 85.2 Å². The van der Waals surface area contributed by atoms with E-state index in [9.17, 15) is 10.4 Å². The van der Waals surface area contributed by atoms with E-state index in [4.69, 9.17) is 23.2 Å². The van der Waals surface area contributed by atoms with Crippen molar-refractivity contribution in [1.82, 2.24) is 4.90 Å². The maximum Gasteiger partial charge on any atom is 0.268 e. The third kappa shape index (κ3) is 22.1. The zero-order valence-corrected chi connectivity index (χ0v) is 42.8. The molecule has 7 nitrogen and oxygen atoms in total. The molecular weight excluding hydrogens is 858 g/mol. The number of nitrogens with one attached hydrogen (secondary N) is 2. The highest BCUT2D eigenvalue weighted by Gasteiger charge is 2.20. The Morgan fingerprint density at radius 2 is 0.833 bits per heavy atom. The third-order valence-corrected chi connectivity index (χ3v) is 13.8. The van der Waals surface area contributed by atoms with Crippen molar-refractivity contribution in [3.8, 4) is 0 Å². The molecule has 0 aliphatic rings. The van der Waals surface area contributed by atoms with Crippen molar-refractivity contribution < 1.29 is 19.9 Å². The van der Waals surface area contributed by atoms with Crippen LogP contribution in [-0.4, -0.2) is 47.5 Å². The zero-order valence-electron chi connectivity index (χ0n) is 41.3. The van der Waals surface area contributed by atoms with Gasteiger partial charge in [-0.3, -0.25) is 15.3 Å². The quantitative estimate of drug-likeness (QED) is 0.0155. The van der Waals surface area contributed by atoms with Gasteiger partial charge >= 0.3 is 0 Å². The second kappa shape index (κ2) is 34.7. The Bertz CT molecular complexity index is 1820. The average Bonchev–Trinajstić information content (AvgIpc) is 3.32. The molecule has 0 unspecified atom stereocenters. The molecule has 366 valence electrons. The fourth-order valence-electron chi connectivity index (χ4n) is 9.34. The van der Waals surface area contributed by atoms with Crippen molar-refractivity contribution in [1.29, 1.82) is 0 Å².